The van der Waals surface area contributed by atoms with E-state index < -0.39 is 26.7 Å². The van der Waals surface area contributed by atoms with E-state index in [2.05, 4.69) is 4.74 Å². The van der Waals surface area contributed by atoms with E-state index in [4.69, 9.17) is 62.7 Å². The van der Waals surface area contributed by atoms with E-state index >= 15 is 0 Å². The van der Waals surface area contributed by atoms with Crippen LogP contribution in [0.1, 0.15) is 13.8 Å². The van der Waals surface area contributed by atoms with Crippen LogP contribution in [0, 0.1) is 0 Å². The number of rotatable bonds is 9. The van der Waals surface area contributed by atoms with Gasteiger partial charge < -0.3 is 19.3 Å². The molecule has 8 nitrogen and oxygen atoms in total. The minimum absolute atomic E-state index is 0.156. The molecule has 0 aromatic carbocycles. The standard InChI is InChI=1S/C9H13Cl2NO3.C7H13NO2.C2HCl3O/c1-4-15-9(14)6(5-12(2)3)7(13)8(10)11;1-4-10-7(9)5-6-8(2)3;3-1(4)2(5)6/h5,8H,4H2,1-3H3;5-6H,4H2,1-3H3;1H/b6-5-;6-5+;. The highest BCUT2D eigenvalue weighted by Crippen LogP contribution is 2.12. The van der Waals surface area contributed by atoms with Crippen molar-refractivity contribution in [3.63, 3.8) is 0 Å². The summed E-state index contributed by atoms with van der Waals surface area (Å²) in [7, 11) is 7.03. The van der Waals surface area contributed by atoms with Gasteiger partial charge in [-0.05, 0) is 25.4 Å². The number of nitrogens with zero attached hydrogens (tertiary/aromatic N) is 2. The molecule has 13 heteroatoms. The van der Waals surface area contributed by atoms with Gasteiger partial charge in [0.1, 0.15) is 5.57 Å². The van der Waals surface area contributed by atoms with Crippen molar-refractivity contribution in [1.82, 2.24) is 9.80 Å². The maximum atomic E-state index is 11.4. The number of carbonyl (C=O) groups excluding carboxylic acids is 4. The fourth-order valence-electron chi connectivity index (χ4n) is 1.20. The van der Waals surface area contributed by atoms with Crippen molar-refractivity contribution < 1.29 is 28.7 Å². The van der Waals surface area contributed by atoms with E-state index in [0.29, 0.717) is 6.61 Å². The number of carbonyl (C=O) groups is 4. The first-order valence-electron chi connectivity index (χ1n) is 8.57. The summed E-state index contributed by atoms with van der Waals surface area (Å²) in [5.74, 6) is -1.68. The van der Waals surface area contributed by atoms with E-state index in [1.54, 1.807) is 43.9 Å². The molecule has 0 aromatic heterocycles. The van der Waals surface area contributed by atoms with Crippen molar-refractivity contribution in [3.8, 4) is 0 Å². The molecule has 0 N–H and O–H groups in total. The van der Waals surface area contributed by atoms with Crippen LogP contribution in [0.15, 0.2) is 24.0 Å². The summed E-state index contributed by atoms with van der Waals surface area (Å²) in [5, 5.41) is -0.738. The average molecular weight is 545 g/mol. The second kappa shape index (κ2) is 20.7. The fraction of sp³-hybridized carbons (Fsp3) is 0.556. The van der Waals surface area contributed by atoms with Gasteiger partial charge in [-0.3, -0.25) is 9.59 Å². The first-order chi connectivity index (χ1) is 14.2. The normalized spacial score (nSPS) is 10.5. The zero-order chi connectivity index (χ0) is 25.1. The van der Waals surface area contributed by atoms with E-state index in [-0.39, 0.29) is 18.1 Å². The lowest BCUT2D eigenvalue weighted by Crippen LogP contribution is -2.22. The summed E-state index contributed by atoms with van der Waals surface area (Å²) in [6.07, 6.45) is 4.37. The number of hydrogen-bond donors (Lipinski definition) is 0. The number of halogens is 5. The number of ether oxygens (including phenoxy) is 2. The highest BCUT2D eigenvalue weighted by Gasteiger charge is 2.24. The summed E-state index contributed by atoms with van der Waals surface area (Å²) in [5.41, 5.74) is -0.156. The lowest BCUT2D eigenvalue weighted by atomic mass is 10.2. The van der Waals surface area contributed by atoms with Crippen molar-refractivity contribution in [3.05, 3.63) is 24.0 Å². The monoisotopic (exact) mass is 542 g/mol. The highest BCUT2D eigenvalue weighted by molar-refractivity contribution is 6.75. The smallest absolute Gasteiger partial charge is 0.343 e. The molecule has 0 fully saturated rings. The Labute approximate surface area is 207 Å². The predicted octanol–water partition coefficient (Wildman–Crippen LogP) is 3.55. The summed E-state index contributed by atoms with van der Waals surface area (Å²) >= 11 is 25.3. The third kappa shape index (κ3) is 23.3. The molecular weight excluding hydrogens is 517 g/mol. The molecule has 180 valence electrons. The Balaban J connectivity index is -0.000000421. The first-order valence-corrected chi connectivity index (χ1v) is 10.7. The van der Waals surface area contributed by atoms with Gasteiger partial charge in [-0.15, -0.1) is 0 Å². The lowest BCUT2D eigenvalue weighted by Gasteiger charge is -2.10. The maximum absolute atomic E-state index is 11.4. The Morgan fingerprint density at radius 3 is 1.58 bits per heavy atom. The predicted molar refractivity (Wildman–Crippen MR) is 125 cm³/mol. The van der Waals surface area contributed by atoms with Gasteiger partial charge in [-0.2, -0.15) is 0 Å². The van der Waals surface area contributed by atoms with Gasteiger partial charge in [-0.1, -0.05) is 46.4 Å². The molecule has 0 atom stereocenters. The summed E-state index contributed by atoms with van der Waals surface area (Å²) in [6, 6.07) is 0. The Bertz CT molecular complexity index is 623. The Hall–Kier alpha value is -1.19. The molecule has 0 aromatic rings. The average Bonchev–Trinajstić information content (AvgIpc) is 2.65. The first kappa shape index (κ1) is 34.4. The second-order valence-electron chi connectivity index (χ2n) is 5.53. The maximum Gasteiger partial charge on any atom is 0.343 e. The third-order valence-corrected chi connectivity index (χ3v) is 3.55. The molecule has 0 rings (SSSR count). The Kier molecular flexibility index (Phi) is 23.0. The van der Waals surface area contributed by atoms with E-state index in [0.717, 1.165) is 0 Å². The zero-order valence-electron chi connectivity index (χ0n) is 18.0. The molecular formula is C18H27Cl5N2O6. The number of alkyl halides is 4. The molecule has 0 unspecified atom stereocenters. The fourth-order valence-corrected chi connectivity index (χ4v) is 1.44. The number of ketones is 1. The van der Waals surface area contributed by atoms with Gasteiger partial charge in [0.2, 0.25) is 5.78 Å². The summed E-state index contributed by atoms with van der Waals surface area (Å²) < 4.78 is 9.34. The van der Waals surface area contributed by atoms with Gasteiger partial charge in [0, 0.05) is 46.7 Å². The van der Waals surface area contributed by atoms with Crippen molar-refractivity contribution >= 4 is 81.0 Å². The number of hydrogen-bond acceptors (Lipinski definition) is 8. The largest absolute Gasteiger partial charge is 0.463 e. The SMILES string of the molecule is CCOC(=O)/C(=C\N(C)C)C(=O)C(Cl)Cl.CCOC(=O)/C=C/N(C)C.O=C(Cl)C(Cl)Cl. The van der Waals surface area contributed by atoms with Crippen LogP contribution in [-0.4, -0.2) is 83.8 Å². The van der Waals surface area contributed by atoms with Gasteiger partial charge >= 0.3 is 11.9 Å². The van der Waals surface area contributed by atoms with Crippen LogP contribution in [0.25, 0.3) is 0 Å². The minimum atomic E-state index is -1.26. The molecule has 0 bridgehead atoms. The van der Waals surface area contributed by atoms with Crippen LogP contribution in [0.3, 0.4) is 0 Å². The number of Topliss-reactive ketones (excluding diaryl/α,β-unsaturated/α-hetero) is 1. The highest BCUT2D eigenvalue weighted by atomic mass is 35.5. The van der Waals surface area contributed by atoms with Crippen molar-refractivity contribution in [2.45, 2.75) is 23.5 Å². The topological polar surface area (TPSA) is 93.2 Å². The third-order valence-electron chi connectivity index (χ3n) is 2.31. The molecule has 0 heterocycles. The van der Waals surface area contributed by atoms with Gasteiger partial charge in [0.25, 0.3) is 5.24 Å². The summed E-state index contributed by atoms with van der Waals surface area (Å²) in [6.45, 7) is 4.04. The molecule has 0 radical (unpaired) electrons. The van der Waals surface area contributed by atoms with Gasteiger partial charge in [0.15, 0.2) is 9.67 Å². The second-order valence-corrected chi connectivity index (χ2v) is 8.09. The summed E-state index contributed by atoms with van der Waals surface area (Å²) in [4.78, 5) is 44.0. The molecule has 0 spiro atoms. The van der Waals surface area contributed by atoms with E-state index in [9.17, 15) is 19.2 Å². The number of esters is 2. The molecule has 0 saturated carbocycles. The van der Waals surface area contributed by atoms with Gasteiger partial charge in [0.05, 0.1) is 13.2 Å². The minimum Gasteiger partial charge on any atom is -0.463 e. The Morgan fingerprint density at radius 2 is 1.29 bits per heavy atom. The molecule has 0 aliphatic carbocycles. The Morgan fingerprint density at radius 1 is 0.839 bits per heavy atom. The zero-order valence-corrected chi connectivity index (χ0v) is 21.8. The van der Waals surface area contributed by atoms with Gasteiger partial charge in [-0.25, -0.2) is 9.59 Å². The van der Waals surface area contributed by atoms with Crippen LogP contribution in [0.5, 0.6) is 0 Å². The van der Waals surface area contributed by atoms with Crippen LogP contribution >= 0.6 is 58.0 Å². The lowest BCUT2D eigenvalue weighted by molar-refractivity contribution is -0.140. The van der Waals surface area contributed by atoms with Crippen molar-refractivity contribution in [2.24, 2.45) is 0 Å². The van der Waals surface area contributed by atoms with E-state index in [1.165, 1.54) is 12.3 Å². The molecule has 0 aliphatic rings. The van der Waals surface area contributed by atoms with Crippen molar-refractivity contribution in [2.75, 3.05) is 41.4 Å². The van der Waals surface area contributed by atoms with E-state index in [1.807, 2.05) is 14.1 Å². The van der Waals surface area contributed by atoms with Crippen LogP contribution in [0.2, 0.25) is 0 Å². The van der Waals surface area contributed by atoms with Crippen LogP contribution < -0.4 is 0 Å². The molecule has 0 amide bonds. The molecule has 31 heavy (non-hydrogen) atoms. The molecule has 0 aliphatic heterocycles. The van der Waals surface area contributed by atoms with Crippen LogP contribution in [0.4, 0.5) is 0 Å². The molecule has 0 saturated heterocycles. The quantitative estimate of drug-likeness (QED) is 0.109. The van der Waals surface area contributed by atoms with Crippen molar-refractivity contribution in [1.29, 1.82) is 0 Å². The van der Waals surface area contributed by atoms with Crippen LogP contribution in [-0.2, 0) is 28.7 Å².